The van der Waals surface area contributed by atoms with Crippen LogP contribution in [0.3, 0.4) is 0 Å². The smallest absolute Gasteiger partial charge is 0.0740 e. The summed E-state index contributed by atoms with van der Waals surface area (Å²) in [4.78, 5) is 3.06. The fourth-order valence-electron chi connectivity index (χ4n) is 1.46. The van der Waals surface area contributed by atoms with Crippen LogP contribution in [0.15, 0.2) is 0 Å². The molecule has 0 aromatic rings. The van der Waals surface area contributed by atoms with Crippen molar-refractivity contribution < 1.29 is 0 Å². The second-order valence-corrected chi connectivity index (χ2v) is 4.24. The second kappa shape index (κ2) is 9.41. The highest BCUT2D eigenvalue weighted by atomic mass is 32.1. The zero-order chi connectivity index (χ0) is 10.8. The molecule has 0 aliphatic heterocycles. The van der Waals surface area contributed by atoms with Crippen LogP contribution in [0.5, 0.6) is 0 Å². The molecule has 0 aliphatic rings. The number of hydrogen-bond donors (Lipinski definition) is 1. The number of thiocarbonyl (C=S) groups is 1. The molecule has 0 aromatic carbocycles. The van der Waals surface area contributed by atoms with Gasteiger partial charge in [-0.3, -0.25) is 0 Å². The lowest BCUT2D eigenvalue weighted by molar-refractivity contribution is 0.289. The van der Waals surface area contributed by atoms with Crippen molar-refractivity contribution in [1.82, 2.24) is 4.90 Å². The molecule has 14 heavy (non-hydrogen) atoms. The Hall–Kier alpha value is -0.150. The van der Waals surface area contributed by atoms with Gasteiger partial charge in [0, 0.05) is 13.0 Å². The van der Waals surface area contributed by atoms with Gasteiger partial charge >= 0.3 is 0 Å². The Morgan fingerprint density at radius 3 is 2.36 bits per heavy atom. The number of hydrogen-bond acceptors (Lipinski definition) is 2. The number of nitrogens with two attached hydrogens (primary N) is 1. The Bertz CT molecular complexity index is 148. The van der Waals surface area contributed by atoms with E-state index >= 15 is 0 Å². The molecule has 3 heteroatoms. The van der Waals surface area contributed by atoms with Crippen LogP contribution in [0.1, 0.15) is 46.0 Å². The van der Waals surface area contributed by atoms with Gasteiger partial charge in [0.2, 0.25) is 0 Å². The average Bonchev–Trinajstić information content (AvgIpc) is 2.16. The van der Waals surface area contributed by atoms with Crippen LogP contribution in [-0.2, 0) is 0 Å². The summed E-state index contributed by atoms with van der Waals surface area (Å²) in [6.07, 6.45) is 6.17. The molecular weight excluding hydrogens is 192 g/mol. The Morgan fingerprint density at radius 2 is 1.86 bits per heavy atom. The van der Waals surface area contributed by atoms with Crippen molar-refractivity contribution in [2.45, 2.75) is 46.0 Å². The first kappa shape index (κ1) is 13.8. The predicted molar refractivity (Wildman–Crippen MR) is 67.7 cm³/mol. The van der Waals surface area contributed by atoms with Crippen molar-refractivity contribution in [3.8, 4) is 0 Å². The first-order valence-corrected chi connectivity index (χ1v) is 6.12. The van der Waals surface area contributed by atoms with Gasteiger partial charge in [-0.15, -0.1) is 0 Å². The predicted octanol–water partition coefficient (Wildman–Crippen LogP) is 2.56. The van der Waals surface area contributed by atoms with E-state index in [1.807, 2.05) is 0 Å². The fourth-order valence-corrected chi connectivity index (χ4v) is 1.55. The maximum Gasteiger partial charge on any atom is 0.0740 e. The van der Waals surface area contributed by atoms with E-state index in [9.17, 15) is 0 Å². The second-order valence-electron chi connectivity index (χ2n) is 3.71. The minimum Gasteiger partial charge on any atom is -0.393 e. The molecule has 0 aromatic heterocycles. The van der Waals surface area contributed by atoms with Crippen molar-refractivity contribution in [2.24, 2.45) is 5.73 Å². The van der Waals surface area contributed by atoms with Crippen molar-refractivity contribution in [3.05, 3.63) is 0 Å². The van der Waals surface area contributed by atoms with E-state index in [2.05, 4.69) is 18.7 Å². The van der Waals surface area contributed by atoms with Gasteiger partial charge in [-0.05, 0) is 19.5 Å². The van der Waals surface area contributed by atoms with Crippen LogP contribution in [0.25, 0.3) is 0 Å². The van der Waals surface area contributed by atoms with Gasteiger partial charge in [0.05, 0.1) is 4.99 Å². The summed E-state index contributed by atoms with van der Waals surface area (Å²) in [6, 6.07) is 0. The summed E-state index contributed by atoms with van der Waals surface area (Å²) in [6.45, 7) is 7.76. The summed E-state index contributed by atoms with van der Waals surface area (Å²) in [5.74, 6) is 0. The largest absolute Gasteiger partial charge is 0.393 e. The zero-order valence-electron chi connectivity index (χ0n) is 9.59. The summed E-state index contributed by atoms with van der Waals surface area (Å²) in [7, 11) is 0. The Balaban J connectivity index is 3.42. The molecule has 0 aliphatic carbocycles. The van der Waals surface area contributed by atoms with Gasteiger partial charge in [-0.25, -0.2) is 0 Å². The molecule has 0 heterocycles. The summed E-state index contributed by atoms with van der Waals surface area (Å²) in [5.41, 5.74) is 5.48. The molecule has 0 amide bonds. The monoisotopic (exact) mass is 216 g/mol. The Labute approximate surface area is 93.8 Å². The third-order valence-corrected chi connectivity index (χ3v) is 2.65. The van der Waals surface area contributed by atoms with Crippen molar-refractivity contribution in [2.75, 3.05) is 19.6 Å². The Morgan fingerprint density at radius 1 is 1.14 bits per heavy atom. The van der Waals surface area contributed by atoms with E-state index in [1.54, 1.807) is 0 Å². The van der Waals surface area contributed by atoms with E-state index in [0.717, 1.165) is 19.5 Å². The molecule has 0 rings (SSSR count). The highest BCUT2D eigenvalue weighted by Gasteiger charge is 2.01. The van der Waals surface area contributed by atoms with E-state index in [1.165, 1.54) is 32.2 Å². The van der Waals surface area contributed by atoms with Crippen LogP contribution in [0.4, 0.5) is 0 Å². The van der Waals surface area contributed by atoms with Gasteiger partial charge in [0.25, 0.3) is 0 Å². The molecule has 0 atom stereocenters. The Kier molecular flexibility index (Phi) is 9.31. The fraction of sp³-hybridized carbons (Fsp3) is 0.909. The van der Waals surface area contributed by atoms with Crippen LogP contribution in [0, 0.1) is 0 Å². The first-order valence-electron chi connectivity index (χ1n) is 5.71. The standard InChI is InChI=1S/C11H24N2S/c1-3-5-6-7-9-13(4-2)10-8-11(12)14/h3-10H2,1-2H3,(H2,12,14). The van der Waals surface area contributed by atoms with Crippen LogP contribution < -0.4 is 5.73 Å². The van der Waals surface area contributed by atoms with E-state index in [4.69, 9.17) is 18.0 Å². The van der Waals surface area contributed by atoms with Crippen molar-refractivity contribution in [1.29, 1.82) is 0 Å². The van der Waals surface area contributed by atoms with Gasteiger partial charge in [0.15, 0.2) is 0 Å². The first-order chi connectivity index (χ1) is 6.70. The number of unbranched alkanes of at least 4 members (excludes halogenated alkanes) is 3. The lowest BCUT2D eigenvalue weighted by atomic mass is 10.2. The molecule has 84 valence electrons. The molecule has 0 unspecified atom stereocenters. The third-order valence-electron chi connectivity index (χ3n) is 2.45. The molecule has 2 N–H and O–H groups in total. The normalized spacial score (nSPS) is 10.8. The topological polar surface area (TPSA) is 29.3 Å². The van der Waals surface area contributed by atoms with Gasteiger partial charge in [-0.2, -0.15) is 0 Å². The highest BCUT2D eigenvalue weighted by molar-refractivity contribution is 7.80. The van der Waals surface area contributed by atoms with E-state index < -0.39 is 0 Å². The molecule has 2 nitrogen and oxygen atoms in total. The lowest BCUT2D eigenvalue weighted by Gasteiger charge is -2.19. The van der Waals surface area contributed by atoms with Crippen LogP contribution in [0.2, 0.25) is 0 Å². The summed E-state index contributed by atoms with van der Waals surface area (Å²) < 4.78 is 0. The van der Waals surface area contributed by atoms with Crippen molar-refractivity contribution in [3.63, 3.8) is 0 Å². The van der Waals surface area contributed by atoms with Crippen molar-refractivity contribution >= 4 is 17.2 Å². The molecular formula is C11H24N2S. The van der Waals surface area contributed by atoms with Gasteiger partial charge < -0.3 is 10.6 Å². The quantitative estimate of drug-likeness (QED) is 0.474. The lowest BCUT2D eigenvalue weighted by Crippen LogP contribution is -2.28. The minimum atomic E-state index is 0.636. The summed E-state index contributed by atoms with van der Waals surface area (Å²) >= 11 is 4.87. The highest BCUT2D eigenvalue weighted by Crippen LogP contribution is 2.01. The maximum atomic E-state index is 5.48. The minimum absolute atomic E-state index is 0.636. The molecule has 0 bridgehead atoms. The third kappa shape index (κ3) is 8.45. The number of nitrogens with zero attached hydrogens (tertiary/aromatic N) is 1. The van der Waals surface area contributed by atoms with Crippen LogP contribution >= 0.6 is 12.2 Å². The molecule has 0 radical (unpaired) electrons. The molecule has 0 saturated carbocycles. The zero-order valence-corrected chi connectivity index (χ0v) is 10.4. The van der Waals surface area contributed by atoms with E-state index in [-0.39, 0.29) is 0 Å². The van der Waals surface area contributed by atoms with Crippen LogP contribution in [-0.4, -0.2) is 29.5 Å². The van der Waals surface area contributed by atoms with E-state index in [0.29, 0.717) is 4.99 Å². The average molecular weight is 216 g/mol. The van der Waals surface area contributed by atoms with Gasteiger partial charge in [-0.1, -0.05) is 45.3 Å². The number of rotatable bonds is 9. The SMILES string of the molecule is CCCCCCN(CC)CCC(N)=S. The van der Waals surface area contributed by atoms with Gasteiger partial charge in [0.1, 0.15) is 0 Å². The maximum absolute atomic E-state index is 5.48. The molecule has 0 saturated heterocycles. The molecule has 0 fully saturated rings. The molecule has 0 spiro atoms. The summed E-state index contributed by atoms with van der Waals surface area (Å²) in [5, 5.41) is 0.